The van der Waals surface area contributed by atoms with Gasteiger partial charge in [-0.05, 0) is 25.0 Å². The largest absolute Gasteiger partial charge is 0.364 e. The molecule has 0 aromatic heterocycles. The third-order valence-corrected chi connectivity index (χ3v) is 2.60. The van der Waals surface area contributed by atoms with E-state index in [2.05, 4.69) is 0 Å². The predicted molar refractivity (Wildman–Crippen MR) is 57.6 cm³/mol. The highest BCUT2D eigenvalue weighted by Crippen LogP contribution is 2.14. The number of piperidine rings is 1. The molecule has 3 nitrogen and oxygen atoms in total. The molecule has 2 rings (SSSR count). The maximum atomic E-state index is 12.9. The summed E-state index contributed by atoms with van der Waals surface area (Å²) >= 11 is 0. The number of hydrogen-bond donors (Lipinski definition) is 0. The summed E-state index contributed by atoms with van der Waals surface area (Å²) in [5.74, 6) is -0.377. The van der Waals surface area contributed by atoms with Crippen LogP contribution in [0.15, 0.2) is 30.3 Å². The monoisotopic (exact) mass is 223 g/mol. The van der Waals surface area contributed by atoms with Crippen molar-refractivity contribution < 1.29 is 14.0 Å². The lowest BCUT2D eigenvalue weighted by Crippen LogP contribution is -2.36. The molecule has 0 aliphatic carbocycles. The summed E-state index contributed by atoms with van der Waals surface area (Å²) < 4.78 is 12.9. The summed E-state index contributed by atoms with van der Waals surface area (Å²) in [5, 5.41) is 1.53. The van der Waals surface area contributed by atoms with Crippen molar-refractivity contribution in [3.05, 3.63) is 35.9 Å². The van der Waals surface area contributed by atoms with Crippen LogP contribution >= 0.6 is 0 Å². The molecule has 0 N–H and O–H groups in total. The van der Waals surface area contributed by atoms with Crippen LogP contribution in [0.25, 0.3) is 0 Å². The highest BCUT2D eigenvalue weighted by atomic mass is 19.1. The standard InChI is InChI=1S/C12H14FNO2/c13-11-6-8-14(9-7-11)16-12(15)10-4-2-1-3-5-10/h1-5,11H,6-9H2. The summed E-state index contributed by atoms with van der Waals surface area (Å²) in [6.45, 7) is 0.944. The topological polar surface area (TPSA) is 29.5 Å². The number of halogens is 1. The minimum Gasteiger partial charge on any atom is -0.364 e. The van der Waals surface area contributed by atoms with Crippen molar-refractivity contribution in [2.45, 2.75) is 19.0 Å². The molecule has 0 spiro atoms. The van der Waals surface area contributed by atoms with Gasteiger partial charge in [0, 0.05) is 13.1 Å². The van der Waals surface area contributed by atoms with Crippen LogP contribution in [0, 0.1) is 0 Å². The number of carbonyl (C=O) groups is 1. The molecule has 0 amide bonds. The van der Waals surface area contributed by atoms with Gasteiger partial charge in [0.25, 0.3) is 0 Å². The fourth-order valence-corrected chi connectivity index (χ4v) is 1.66. The molecule has 1 aliphatic rings. The van der Waals surface area contributed by atoms with E-state index in [1.807, 2.05) is 6.07 Å². The molecule has 0 unspecified atom stereocenters. The first-order chi connectivity index (χ1) is 7.75. The average Bonchev–Trinajstić information content (AvgIpc) is 2.33. The van der Waals surface area contributed by atoms with E-state index in [4.69, 9.17) is 4.84 Å². The molecular weight excluding hydrogens is 209 g/mol. The van der Waals surface area contributed by atoms with Gasteiger partial charge in [0.1, 0.15) is 6.17 Å². The molecule has 4 heteroatoms. The molecule has 0 bridgehead atoms. The summed E-state index contributed by atoms with van der Waals surface area (Å²) in [7, 11) is 0. The first kappa shape index (κ1) is 11.1. The second-order valence-corrected chi connectivity index (χ2v) is 3.85. The average molecular weight is 223 g/mol. The lowest BCUT2D eigenvalue weighted by molar-refractivity contribution is -0.127. The summed E-state index contributed by atoms with van der Waals surface area (Å²) in [6.07, 6.45) is 0.108. The zero-order valence-corrected chi connectivity index (χ0v) is 8.93. The van der Waals surface area contributed by atoms with Crippen LogP contribution in [0.1, 0.15) is 23.2 Å². The van der Waals surface area contributed by atoms with Gasteiger partial charge >= 0.3 is 5.97 Å². The first-order valence-electron chi connectivity index (χ1n) is 5.42. The van der Waals surface area contributed by atoms with Gasteiger partial charge in [-0.3, -0.25) is 0 Å². The quantitative estimate of drug-likeness (QED) is 0.769. The molecule has 1 aliphatic heterocycles. The lowest BCUT2D eigenvalue weighted by Gasteiger charge is -2.26. The van der Waals surface area contributed by atoms with Gasteiger partial charge < -0.3 is 4.84 Å². The lowest BCUT2D eigenvalue weighted by atomic mass is 10.1. The Bertz CT molecular complexity index is 347. The fourth-order valence-electron chi connectivity index (χ4n) is 1.66. The summed E-state index contributed by atoms with van der Waals surface area (Å²) in [4.78, 5) is 16.8. The minimum atomic E-state index is -0.758. The highest BCUT2D eigenvalue weighted by molar-refractivity contribution is 5.89. The van der Waals surface area contributed by atoms with Crippen molar-refractivity contribution in [3.63, 3.8) is 0 Å². The van der Waals surface area contributed by atoms with Crippen molar-refractivity contribution in [2.75, 3.05) is 13.1 Å². The van der Waals surface area contributed by atoms with E-state index in [9.17, 15) is 9.18 Å². The van der Waals surface area contributed by atoms with Crippen LogP contribution in [0.4, 0.5) is 4.39 Å². The van der Waals surface area contributed by atoms with Gasteiger partial charge in [-0.1, -0.05) is 18.2 Å². The Balaban J connectivity index is 1.88. The number of benzene rings is 1. The van der Waals surface area contributed by atoms with Crippen LogP contribution in [-0.4, -0.2) is 30.3 Å². The second kappa shape index (κ2) is 5.07. The van der Waals surface area contributed by atoms with E-state index in [1.54, 1.807) is 24.3 Å². The third-order valence-electron chi connectivity index (χ3n) is 2.60. The number of nitrogens with zero attached hydrogens (tertiary/aromatic N) is 1. The maximum absolute atomic E-state index is 12.9. The first-order valence-corrected chi connectivity index (χ1v) is 5.42. The Labute approximate surface area is 93.8 Å². The SMILES string of the molecule is O=C(ON1CCC(F)CC1)c1ccccc1. The Morgan fingerprint density at radius 3 is 2.50 bits per heavy atom. The number of carbonyl (C=O) groups excluding carboxylic acids is 1. The normalized spacial score (nSPS) is 18.3. The van der Waals surface area contributed by atoms with Crippen LogP contribution < -0.4 is 0 Å². The predicted octanol–water partition coefficient (Wildman–Crippen LogP) is 2.19. The summed E-state index contributed by atoms with van der Waals surface area (Å²) in [5.41, 5.74) is 0.518. The van der Waals surface area contributed by atoms with Crippen molar-refractivity contribution in [1.29, 1.82) is 0 Å². The molecule has 0 saturated carbocycles. The molecule has 16 heavy (non-hydrogen) atoms. The molecule has 0 radical (unpaired) electrons. The van der Waals surface area contributed by atoms with Crippen molar-refractivity contribution in [1.82, 2.24) is 5.06 Å². The molecule has 1 aromatic carbocycles. The van der Waals surface area contributed by atoms with E-state index in [0.29, 0.717) is 31.5 Å². The Kier molecular flexibility index (Phi) is 3.51. The molecule has 86 valence electrons. The molecule has 1 fully saturated rings. The zero-order valence-electron chi connectivity index (χ0n) is 8.93. The minimum absolute atomic E-state index is 0.377. The molecule has 0 atom stereocenters. The molecule has 1 saturated heterocycles. The van der Waals surface area contributed by atoms with E-state index in [-0.39, 0.29) is 5.97 Å². The van der Waals surface area contributed by atoms with Crippen LogP contribution in [0.5, 0.6) is 0 Å². The Hall–Kier alpha value is -1.42. The molecule has 1 heterocycles. The number of hydrogen-bond acceptors (Lipinski definition) is 3. The maximum Gasteiger partial charge on any atom is 0.357 e. The Morgan fingerprint density at radius 1 is 1.25 bits per heavy atom. The van der Waals surface area contributed by atoms with Crippen molar-refractivity contribution in [3.8, 4) is 0 Å². The Morgan fingerprint density at radius 2 is 1.88 bits per heavy atom. The third kappa shape index (κ3) is 2.79. The van der Waals surface area contributed by atoms with Crippen LogP contribution in [-0.2, 0) is 4.84 Å². The molecule has 1 aromatic rings. The zero-order chi connectivity index (χ0) is 11.4. The van der Waals surface area contributed by atoms with Crippen LogP contribution in [0.2, 0.25) is 0 Å². The number of rotatable bonds is 2. The van der Waals surface area contributed by atoms with E-state index in [0.717, 1.165) is 0 Å². The number of hydroxylamine groups is 2. The van der Waals surface area contributed by atoms with Gasteiger partial charge in [0.2, 0.25) is 0 Å². The highest BCUT2D eigenvalue weighted by Gasteiger charge is 2.21. The van der Waals surface area contributed by atoms with Crippen molar-refractivity contribution in [2.24, 2.45) is 0 Å². The van der Waals surface area contributed by atoms with E-state index in [1.165, 1.54) is 5.06 Å². The van der Waals surface area contributed by atoms with E-state index < -0.39 is 6.17 Å². The second-order valence-electron chi connectivity index (χ2n) is 3.85. The van der Waals surface area contributed by atoms with Gasteiger partial charge in [-0.15, -0.1) is 5.06 Å². The van der Waals surface area contributed by atoms with Crippen LogP contribution in [0.3, 0.4) is 0 Å². The van der Waals surface area contributed by atoms with Crippen molar-refractivity contribution >= 4 is 5.97 Å². The van der Waals surface area contributed by atoms with Gasteiger partial charge in [-0.25, -0.2) is 9.18 Å². The number of alkyl halides is 1. The van der Waals surface area contributed by atoms with Gasteiger partial charge in [0.15, 0.2) is 0 Å². The summed E-state index contributed by atoms with van der Waals surface area (Å²) in [6, 6.07) is 8.80. The fraction of sp³-hybridized carbons (Fsp3) is 0.417. The van der Waals surface area contributed by atoms with E-state index >= 15 is 0 Å². The smallest absolute Gasteiger partial charge is 0.357 e. The van der Waals surface area contributed by atoms with Gasteiger partial charge in [0.05, 0.1) is 5.56 Å². The molecular formula is C12H14FNO2. The van der Waals surface area contributed by atoms with Gasteiger partial charge in [-0.2, -0.15) is 0 Å².